The van der Waals surface area contributed by atoms with E-state index in [-0.39, 0.29) is 0 Å². The van der Waals surface area contributed by atoms with E-state index in [4.69, 9.17) is 9.73 Å². The highest BCUT2D eigenvalue weighted by Gasteiger charge is 2.07. The summed E-state index contributed by atoms with van der Waals surface area (Å²) in [5, 5.41) is 0. The molecule has 2 nitrogen and oxygen atoms in total. The standard InChI is InChI=1S/C21H27NO/c1-5-6-8-13-20(18-11-9-7-10-12-18)22-19-14-16(2)21(23-4)17(3)15-19/h7,9-12,14-15H,5-6,8,13H2,1-4H3. The van der Waals surface area contributed by atoms with Crippen molar-refractivity contribution in [2.75, 3.05) is 7.11 Å². The van der Waals surface area contributed by atoms with Crippen LogP contribution < -0.4 is 4.74 Å². The van der Waals surface area contributed by atoms with Gasteiger partial charge in [-0.15, -0.1) is 0 Å². The van der Waals surface area contributed by atoms with Crippen molar-refractivity contribution in [2.45, 2.75) is 46.5 Å². The van der Waals surface area contributed by atoms with Gasteiger partial charge in [-0.1, -0.05) is 50.1 Å². The third kappa shape index (κ3) is 4.69. The zero-order valence-corrected chi connectivity index (χ0v) is 14.7. The van der Waals surface area contributed by atoms with Gasteiger partial charge in [0.2, 0.25) is 0 Å². The lowest BCUT2D eigenvalue weighted by Gasteiger charge is -2.11. The molecule has 2 heteroatoms. The molecule has 0 N–H and O–H groups in total. The number of benzene rings is 2. The first-order valence-electron chi connectivity index (χ1n) is 8.44. The maximum Gasteiger partial charge on any atom is 0.124 e. The topological polar surface area (TPSA) is 21.6 Å². The highest BCUT2D eigenvalue weighted by Crippen LogP contribution is 2.29. The van der Waals surface area contributed by atoms with E-state index in [9.17, 15) is 0 Å². The largest absolute Gasteiger partial charge is 0.496 e. The van der Waals surface area contributed by atoms with Gasteiger partial charge in [0, 0.05) is 5.71 Å². The molecule has 0 fully saturated rings. The molecule has 2 rings (SSSR count). The minimum absolute atomic E-state index is 0.955. The average molecular weight is 309 g/mol. The summed E-state index contributed by atoms with van der Waals surface area (Å²) < 4.78 is 5.45. The first kappa shape index (κ1) is 17.3. The monoisotopic (exact) mass is 309 g/mol. The molecule has 122 valence electrons. The van der Waals surface area contributed by atoms with Crippen molar-refractivity contribution in [1.29, 1.82) is 0 Å². The van der Waals surface area contributed by atoms with E-state index in [1.165, 1.54) is 30.5 Å². The summed E-state index contributed by atoms with van der Waals surface area (Å²) in [4.78, 5) is 4.96. The van der Waals surface area contributed by atoms with Crippen molar-refractivity contribution >= 4 is 11.4 Å². The van der Waals surface area contributed by atoms with Gasteiger partial charge in [-0.25, -0.2) is 0 Å². The molecule has 0 spiro atoms. The molecular weight excluding hydrogens is 282 g/mol. The molecule has 0 saturated heterocycles. The van der Waals surface area contributed by atoms with Crippen LogP contribution in [0.4, 0.5) is 5.69 Å². The van der Waals surface area contributed by atoms with Crippen LogP contribution in [0, 0.1) is 13.8 Å². The van der Waals surface area contributed by atoms with Crippen molar-refractivity contribution in [3.8, 4) is 5.75 Å². The second-order valence-corrected chi connectivity index (χ2v) is 5.99. The van der Waals surface area contributed by atoms with Crippen LogP contribution in [0.25, 0.3) is 0 Å². The molecule has 0 aliphatic rings. The van der Waals surface area contributed by atoms with E-state index in [0.717, 1.165) is 29.0 Å². The van der Waals surface area contributed by atoms with Crippen molar-refractivity contribution < 1.29 is 4.74 Å². The third-order valence-electron chi connectivity index (χ3n) is 4.04. The number of rotatable bonds is 7. The Morgan fingerprint density at radius 2 is 1.65 bits per heavy atom. The van der Waals surface area contributed by atoms with Gasteiger partial charge in [0.05, 0.1) is 12.8 Å². The molecule has 23 heavy (non-hydrogen) atoms. The van der Waals surface area contributed by atoms with Crippen LogP contribution >= 0.6 is 0 Å². The second kappa shape index (κ2) is 8.52. The van der Waals surface area contributed by atoms with Crippen molar-refractivity contribution in [3.63, 3.8) is 0 Å². The van der Waals surface area contributed by atoms with E-state index < -0.39 is 0 Å². The van der Waals surface area contributed by atoms with Crippen LogP contribution in [0.15, 0.2) is 47.5 Å². The van der Waals surface area contributed by atoms with E-state index >= 15 is 0 Å². The van der Waals surface area contributed by atoms with Gasteiger partial charge in [-0.2, -0.15) is 0 Å². The Bertz CT molecular complexity index is 636. The van der Waals surface area contributed by atoms with E-state index in [1.807, 2.05) is 0 Å². The van der Waals surface area contributed by atoms with Crippen molar-refractivity contribution in [1.82, 2.24) is 0 Å². The summed E-state index contributed by atoms with van der Waals surface area (Å²) in [5.74, 6) is 0.955. The molecule has 0 atom stereocenters. The minimum atomic E-state index is 0.955. The summed E-state index contributed by atoms with van der Waals surface area (Å²) in [6.07, 6.45) is 4.66. The maximum atomic E-state index is 5.45. The zero-order valence-electron chi connectivity index (χ0n) is 14.7. The van der Waals surface area contributed by atoms with Gasteiger partial charge in [0.15, 0.2) is 0 Å². The van der Waals surface area contributed by atoms with Gasteiger partial charge in [0.1, 0.15) is 5.75 Å². The Kier molecular flexibility index (Phi) is 6.40. The SMILES string of the molecule is CCCCCC(=Nc1cc(C)c(OC)c(C)c1)c1ccccc1. The molecule has 2 aromatic carbocycles. The summed E-state index contributed by atoms with van der Waals surface area (Å²) in [5.41, 5.74) is 5.66. The minimum Gasteiger partial charge on any atom is -0.496 e. The number of hydrogen-bond acceptors (Lipinski definition) is 2. The Hall–Kier alpha value is -2.09. The predicted molar refractivity (Wildman–Crippen MR) is 99.2 cm³/mol. The summed E-state index contributed by atoms with van der Waals surface area (Å²) >= 11 is 0. The lowest BCUT2D eigenvalue weighted by molar-refractivity contribution is 0.408. The quantitative estimate of drug-likeness (QED) is 0.453. The zero-order chi connectivity index (χ0) is 16.7. The smallest absolute Gasteiger partial charge is 0.124 e. The molecule has 0 bridgehead atoms. The van der Waals surface area contributed by atoms with E-state index in [0.29, 0.717) is 0 Å². The van der Waals surface area contributed by atoms with E-state index in [1.54, 1.807) is 7.11 Å². The first-order chi connectivity index (χ1) is 11.2. The van der Waals surface area contributed by atoms with Gasteiger partial charge in [-0.3, -0.25) is 4.99 Å². The molecule has 0 aliphatic heterocycles. The molecule has 0 aliphatic carbocycles. The molecule has 0 heterocycles. The van der Waals surface area contributed by atoms with E-state index in [2.05, 4.69) is 63.2 Å². The summed E-state index contributed by atoms with van der Waals surface area (Å²) in [6, 6.07) is 14.7. The lowest BCUT2D eigenvalue weighted by atomic mass is 10.0. The number of nitrogens with zero attached hydrogens (tertiary/aromatic N) is 1. The number of unbranched alkanes of at least 4 members (excludes halogenated alkanes) is 2. The number of aryl methyl sites for hydroxylation is 2. The number of methoxy groups -OCH3 is 1. The molecule has 0 amide bonds. The Labute approximate surface area is 140 Å². The number of aliphatic imine (C=N–C) groups is 1. The third-order valence-corrected chi connectivity index (χ3v) is 4.04. The molecule has 0 saturated carbocycles. The van der Waals surface area contributed by atoms with Gasteiger partial charge < -0.3 is 4.74 Å². The number of hydrogen-bond donors (Lipinski definition) is 0. The molecule has 0 aromatic heterocycles. The highest BCUT2D eigenvalue weighted by molar-refractivity contribution is 6.02. The van der Waals surface area contributed by atoms with Crippen molar-refractivity contribution in [2.24, 2.45) is 4.99 Å². The van der Waals surface area contributed by atoms with Crippen LogP contribution in [-0.4, -0.2) is 12.8 Å². The van der Waals surface area contributed by atoms with Crippen LogP contribution in [0.1, 0.15) is 49.3 Å². The fourth-order valence-electron chi connectivity index (χ4n) is 2.91. The molecule has 0 radical (unpaired) electrons. The average Bonchev–Trinajstić information content (AvgIpc) is 2.55. The molecular formula is C21H27NO. The van der Waals surface area contributed by atoms with Crippen LogP contribution in [0.5, 0.6) is 5.75 Å². The van der Waals surface area contributed by atoms with Crippen molar-refractivity contribution in [3.05, 3.63) is 59.2 Å². The maximum absolute atomic E-state index is 5.45. The fraction of sp³-hybridized carbons (Fsp3) is 0.381. The van der Waals surface area contributed by atoms with Gasteiger partial charge in [0.25, 0.3) is 0 Å². The summed E-state index contributed by atoms with van der Waals surface area (Å²) in [6.45, 7) is 6.38. The van der Waals surface area contributed by atoms with Crippen LogP contribution in [-0.2, 0) is 0 Å². The Morgan fingerprint density at radius 1 is 1.00 bits per heavy atom. The first-order valence-corrected chi connectivity index (χ1v) is 8.44. The molecule has 0 unspecified atom stereocenters. The Balaban J connectivity index is 2.36. The van der Waals surface area contributed by atoms with Gasteiger partial charge >= 0.3 is 0 Å². The van der Waals surface area contributed by atoms with Crippen LogP contribution in [0.2, 0.25) is 0 Å². The normalized spacial score (nSPS) is 11.6. The number of ether oxygens (including phenoxy) is 1. The fourth-order valence-corrected chi connectivity index (χ4v) is 2.91. The predicted octanol–water partition coefficient (Wildman–Crippen LogP) is 6.01. The lowest BCUT2D eigenvalue weighted by Crippen LogP contribution is -2.01. The van der Waals surface area contributed by atoms with Gasteiger partial charge in [-0.05, 0) is 55.5 Å². The molecule has 2 aromatic rings. The highest BCUT2D eigenvalue weighted by atomic mass is 16.5. The second-order valence-electron chi connectivity index (χ2n) is 5.99. The Morgan fingerprint density at radius 3 is 2.22 bits per heavy atom. The summed E-state index contributed by atoms with van der Waals surface area (Å²) in [7, 11) is 1.72. The van der Waals surface area contributed by atoms with Crippen LogP contribution in [0.3, 0.4) is 0 Å².